The van der Waals surface area contributed by atoms with Crippen molar-refractivity contribution in [1.82, 2.24) is 4.57 Å². The smallest absolute Gasteiger partial charge is 0.326 e. The number of aromatic nitrogens is 1. The van der Waals surface area contributed by atoms with E-state index in [1.807, 2.05) is 30.3 Å². The molecule has 0 atom stereocenters. The van der Waals surface area contributed by atoms with Gasteiger partial charge in [0.2, 0.25) is 0 Å². The highest BCUT2D eigenvalue weighted by atomic mass is 32.2. The lowest BCUT2D eigenvalue weighted by molar-refractivity contribution is -0.143. The fourth-order valence-corrected chi connectivity index (χ4v) is 4.52. The van der Waals surface area contributed by atoms with Crippen LogP contribution in [0.5, 0.6) is 0 Å². The van der Waals surface area contributed by atoms with Crippen molar-refractivity contribution in [3.05, 3.63) is 65.0 Å². The zero-order valence-electron chi connectivity index (χ0n) is 16.4. The fourth-order valence-electron chi connectivity index (χ4n) is 2.72. The van der Waals surface area contributed by atoms with Gasteiger partial charge in [0.15, 0.2) is 14.6 Å². The largest absolute Gasteiger partial charge is 0.465 e. The Balaban J connectivity index is 2.06. The predicted molar refractivity (Wildman–Crippen MR) is 116 cm³/mol. The van der Waals surface area contributed by atoms with Gasteiger partial charge in [-0.05, 0) is 36.8 Å². The molecule has 1 heterocycles. The third-order valence-corrected chi connectivity index (χ3v) is 6.25. The molecular weight excluding hydrogens is 424 g/mol. The first-order valence-corrected chi connectivity index (χ1v) is 11.8. The SMILES string of the molecule is CCOC(=O)Cn1c(=NC(=O)/C=C/c2ccccc2)sc2cc(S(C)(=O)=O)ccc21. The highest BCUT2D eigenvalue weighted by Gasteiger charge is 2.15. The highest BCUT2D eigenvalue weighted by molar-refractivity contribution is 7.90. The van der Waals surface area contributed by atoms with Crippen LogP contribution >= 0.6 is 11.3 Å². The first kappa shape index (κ1) is 21.7. The number of ether oxygens (including phenoxy) is 1. The summed E-state index contributed by atoms with van der Waals surface area (Å²) in [6.07, 6.45) is 4.12. The number of carbonyl (C=O) groups is 2. The summed E-state index contributed by atoms with van der Waals surface area (Å²) >= 11 is 1.13. The lowest BCUT2D eigenvalue weighted by Crippen LogP contribution is -2.22. The van der Waals surface area contributed by atoms with Crippen LogP contribution < -0.4 is 4.80 Å². The van der Waals surface area contributed by atoms with E-state index in [2.05, 4.69) is 4.99 Å². The molecule has 0 spiro atoms. The van der Waals surface area contributed by atoms with Crippen LogP contribution in [-0.2, 0) is 30.7 Å². The van der Waals surface area contributed by atoms with Crippen LogP contribution in [-0.4, -0.2) is 37.7 Å². The molecule has 7 nitrogen and oxygen atoms in total. The zero-order valence-corrected chi connectivity index (χ0v) is 18.1. The predicted octanol–water partition coefficient (Wildman–Crippen LogP) is 2.81. The number of hydrogen-bond acceptors (Lipinski definition) is 6. The summed E-state index contributed by atoms with van der Waals surface area (Å²) in [5.74, 6) is -0.968. The van der Waals surface area contributed by atoms with Crippen LogP contribution in [0.2, 0.25) is 0 Å². The summed E-state index contributed by atoms with van der Waals surface area (Å²) in [5, 5.41) is 0. The maximum atomic E-state index is 12.4. The van der Waals surface area contributed by atoms with E-state index in [-0.39, 0.29) is 22.8 Å². The summed E-state index contributed by atoms with van der Waals surface area (Å²) in [4.78, 5) is 29.0. The van der Waals surface area contributed by atoms with Crippen molar-refractivity contribution < 1.29 is 22.7 Å². The number of carbonyl (C=O) groups excluding carboxylic acids is 2. The number of benzene rings is 2. The van der Waals surface area contributed by atoms with Gasteiger partial charge in [0.25, 0.3) is 5.91 Å². The van der Waals surface area contributed by atoms with Gasteiger partial charge in [0.05, 0.1) is 21.7 Å². The average Bonchev–Trinajstić information content (AvgIpc) is 3.03. The summed E-state index contributed by atoms with van der Waals surface area (Å²) in [5.41, 5.74) is 1.45. The quantitative estimate of drug-likeness (QED) is 0.430. The van der Waals surface area contributed by atoms with Crippen molar-refractivity contribution >= 4 is 49.3 Å². The molecule has 1 amide bonds. The van der Waals surface area contributed by atoms with E-state index in [0.717, 1.165) is 23.2 Å². The van der Waals surface area contributed by atoms with Gasteiger partial charge in [-0.15, -0.1) is 0 Å². The molecule has 0 saturated carbocycles. The molecule has 0 aliphatic rings. The topological polar surface area (TPSA) is 94.8 Å². The van der Waals surface area contributed by atoms with Crippen molar-refractivity contribution in [3.63, 3.8) is 0 Å². The molecule has 0 fully saturated rings. The molecule has 30 heavy (non-hydrogen) atoms. The average molecular weight is 445 g/mol. The summed E-state index contributed by atoms with van der Waals surface area (Å²) in [6.45, 7) is 1.79. The second-order valence-electron chi connectivity index (χ2n) is 6.37. The van der Waals surface area contributed by atoms with Crippen LogP contribution in [0.1, 0.15) is 12.5 Å². The maximum absolute atomic E-state index is 12.4. The molecule has 3 rings (SSSR count). The number of sulfone groups is 1. The summed E-state index contributed by atoms with van der Waals surface area (Å²) in [7, 11) is -3.39. The van der Waals surface area contributed by atoms with E-state index in [9.17, 15) is 18.0 Å². The van der Waals surface area contributed by atoms with Gasteiger partial charge in [0, 0.05) is 12.3 Å². The Morgan fingerprint density at radius 1 is 1.17 bits per heavy atom. The molecule has 0 aliphatic carbocycles. The van der Waals surface area contributed by atoms with Crippen molar-refractivity contribution in [3.8, 4) is 0 Å². The van der Waals surface area contributed by atoms with Crippen LogP contribution in [0.25, 0.3) is 16.3 Å². The number of fused-ring (bicyclic) bond motifs is 1. The van der Waals surface area contributed by atoms with E-state index >= 15 is 0 Å². The van der Waals surface area contributed by atoms with Gasteiger partial charge in [-0.3, -0.25) is 9.59 Å². The number of amides is 1. The van der Waals surface area contributed by atoms with Gasteiger partial charge in [0.1, 0.15) is 6.54 Å². The third kappa shape index (κ3) is 5.31. The minimum atomic E-state index is -3.39. The van der Waals surface area contributed by atoms with Crippen molar-refractivity contribution in [2.75, 3.05) is 12.9 Å². The van der Waals surface area contributed by atoms with Crippen LogP contribution in [0.3, 0.4) is 0 Å². The van der Waals surface area contributed by atoms with Gasteiger partial charge < -0.3 is 9.30 Å². The molecule has 9 heteroatoms. The molecule has 0 radical (unpaired) electrons. The van der Waals surface area contributed by atoms with Crippen LogP contribution in [0.15, 0.2) is 64.5 Å². The minimum absolute atomic E-state index is 0.138. The first-order valence-electron chi connectivity index (χ1n) is 9.09. The Bertz CT molecular complexity index is 1290. The molecule has 0 bridgehead atoms. The Morgan fingerprint density at radius 3 is 2.57 bits per heavy atom. The lowest BCUT2D eigenvalue weighted by atomic mass is 10.2. The minimum Gasteiger partial charge on any atom is -0.465 e. The Morgan fingerprint density at radius 2 is 1.90 bits per heavy atom. The van der Waals surface area contributed by atoms with Crippen LogP contribution in [0.4, 0.5) is 0 Å². The molecule has 1 aromatic heterocycles. The van der Waals surface area contributed by atoms with Crippen molar-refractivity contribution in [1.29, 1.82) is 0 Å². The molecular formula is C21H20N2O5S2. The molecule has 0 aliphatic heterocycles. The van der Waals surface area contributed by atoms with Crippen molar-refractivity contribution in [2.45, 2.75) is 18.4 Å². The molecule has 0 N–H and O–H groups in total. The van der Waals surface area contributed by atoms with E-state index < -0.39 is 21.7 Å². The molecule has 0 saturated heterocycles. The number of thiazole rings is 1. The second-order valence-corrected chi connectivity index (χ2v) is 9.40. The monoisotopic (exact) mass is 444 g/mol. The third-order valence-electron chi connectivity index (χ3n) is 4.10. The van der Waals surface area contributed by atoms with Gasteiger partial charge >= 0.3 is 5.97 Å². The van der Waals surface area contributed by atoms with Gasteiger partial charge in [-0.25, -0.2) is 8.42 Å². The summed E-state index contributed by atoms with van der Waals surface area (Å²) < 4.78 is 30.9. The lowest BCUT2D eigenvalue weighted by Gasteiger charge is -2.05. The molecule has 156 valence electrons. The van der Waals surface area contributed by atoms with Gasteiger partial charge in [-0.2, -0.15) is 4.99 Å². The molecule has 3 aromatic rings. The number of hydrogen-bond donors (Lipinski definition) is 0. The van der Waals surface area contributed by atoms with Crippen LogP contribution in [0, 0.1) is 0 Å². The molecule has 2 aromatic carbocycles. The van der Waals surface area contributed by atoms with E-state index in [1.54, 1.807) is 23.6 Å². The fraction of sp³-hybridized carbons (Fsp3) is 0.190. The standard InChI is InChI=1S/C21H20N2O5S2/c1-3-28-20(25)14-23-17-11-10-16(30(2,26)27)13-18(17)29-21(23)22-19(24)12-9-15-7-5-4-6-8-15/h4-13H,3,14H2,1-2H3/b12-9+,22-21?. The van der Waals surface area contributed by atoms with Crippen molar-refractivity contribution in [2.24, 2.45) is 4.99 Å². The Labute approximate surface area is 177 Å². The normalized spacial score (nSPS) is 12.5. The summed E-state index contributed by atoms with van der Waals surface area (Å²) in [6, 6.07) is 13.9. The second kappa shape index (κ2) is 9.19. The van der Waals surface area contributed by atoms with E-state index in [4.69, 9.17) is 4.74 Å². The number of nitrogens with zero attached hydrogens (tertiary/aromatic N) is 2. The van der Waals surface area contributed by atoms with E-state index in [1.165, 1.54) is 18.2 Å². The van der Waals surface area contributed by atoms with E-state index in [0.29, 0.717) is 10.2 Å². The molecule has 0 unspecified atom stereocenters. The Kier molecular flexibility index (Phi) is 6.63. The zero-order chi connectivity index (χ0) is 21.7. The Hall–Kier alpha value is -3.04. The van der Waals surface area contributed by atoms with Gasteiger partial charge in [-0.1, -0.05) is 41.7 Å². The highest BCUT2D eigenvalue weighted by Crippen LogP contribution is 2.22. The first-order chi connectivity index (χ1) is 14.3. The number of esters is 1. The number of rotatable bonds is 6. The maximum Gasteiger partial charge on any atom is 0.326 e.